The predicted molar refractivity (Wildman–Crippen MR) is 86.6 cm³/mol. The zero-order valence-electron chi connectivity index (χ0n) is 14.4. The van der Waals surface area contributed by atoms with Crippen molar-refractivity contribution in [3.63, 3.8) is 0 Å². The molecule has 4 nitrogen and oxygen atoms in total. The molecular formula is C17H24BFO4. The molecule has 0 radical (unpaired) electrons. The Bertz CT molecular complexity index is 583. The Balaban J connectivity index is 1.98. The van der Waals surface area contributed by atoms with Crippen molar-refractivity contribution in [3.8, 4) is 5.75 Å². The van der Waals surface area contributed by atoms with Gasteiger partial charge < -0.3 is 18.8 Å². The Morgan fingerprint density at radius 1 is 1.17 bits per heavy atom. The Kier molecular flexibility index (Phi) is 4.19. The quantitative estimate of drug-likeness (QED) is 0.617. The minimum atomic E-state index is -0.587. The van der Waals surface area contributed by atoms with Crippen molar-refractivity contribution in [3.05, 3.63) is 23.5 Å². The lowest BCUT2D eigenvalue weighted by atomic mass is 9.74. The molecular weight excluding hydrogens is 298 g/mol. The lowest BCUT2D eigenvalue weighted by molar-refractivity contribution is 0.00578. The number of ether oxygens (including phenoxy) is 2. The van der Waals surface area contributed by atoms with Gasteiger partial charge in [-0.25, -0.2) is 4.39 Å². The molecule has 1 aliphatic carbocycles. The second-order valence-corrected chi connectivity index (χ2v) is 7.32. The molecule has 1 saturated heterocycles. The van der Waals surface area contributed by atoms with Crippen molar-refractivity contribution < 1.29 is 23.2 Å². The fourth-order valence-corrected chi connectivity index (χ4v) is 2.79. The highest BCUT2D eigenvalue weighted by Crippen LogP contribution is 2.43. The summed E-state index contributed by atoms with van der Waals surface area (Å²) in [6.45, 7) is 8.04. The smallest absolute Gasteiger partial charge is 0.467 e. The SMILES string of the molecule is COCOc1cc(F)c(C2CC2)c(B2OC(C)(C)C(C)(C)O2)c1. The first kappa shape index (κ1) is 16.7. The molecule has 0 unspecified atom stereocenters. The summed E-state index contributed by atoms with van der Waals surface area (Å²) >= 11 is 0. The van der Waals surface area contributed by atoms with Gasteiger partial charge in [0, 0.05) is 13.2 Å². The molecule has 2 fully saturated rings. The van der Waals surface area contributed by atoms with E-state index in [1.165, 1.54) is 13.2 Å². The van der Waals surface area contributed by atoms with Gasteiger partial charge in [0.15, 0.2) is 6.79 Å². The Morgan fingerprint density at radius 3 is 2.30 bits per heavy atom. The number of benzene rings is 1. The molecule has 0 atom stereocenters. The zero-order valence-corrected chi connectivity index (χ0v) is 14.4. The van der Waals surface area contributed by atoms with Gasteiger partial charge in [-0.2, -0.15) is 0 Å². The van der Waals surface area contributed by atoms with Gasteiger partial charge in [-0.15, -0.1) is 0 Å². The summed E-state index contributed by atoms with van der Waals surface area (Å²) in [4.78, 5) is 0. The van der Waals surface area contributed by atoms with Gasteiger partial charge in [0.25, 0.3) is 0 Å². The van der Waals surface area contributed by atoms with Crippen LogP contribution in [-0.4, -0.2) is 32.2 Å². The van der Waals surface area contributed by atoms with Crippen LogP contribution in [0, 0.1) is 5.82 Å². The van der Waals surface area contributed by atoms with E-state index in [0.29, 0.717) is 11.3 Å². The maximum atomic E-state index is 14.6. The summed E-state index contributed by atoms with van der Waals surface area (Å²) in [6.07, 6.45) is 2.00. The Hall–Kier alpha value is -1.11. The molecule has 126 valence electrons. The van der Waals surface area contributed by atoms with E-state index in [1.807, 2.05) is 33.8 Å². The van der Waals surface area contributed by atoms with Crippen LogP contribution in [0.2, 0.25) is 0 Å². The van der Waals surface area contributed by atoms with Crippen LogP contribution < -0.4 is 10.2 Å². The van der Waals surface area contributed by atoms with Crippen LogP contribution in [0.1, 0.15) is 52.0 Å². The molecule has 1 aliphatic heterocycles. The van der Waals surface area contributed by atoms with Crippen LogP contribution in [0.5, 0.6) is 5.75 Å². The van der Waals surface area contributed by atoms with Crippen molar-refractivity contribution >= 4 is 12.6 Å². The summed E-state index contributed by atoms with van der Waals surface area (Å²) in [7, 11) is 0.945. The van der Waals surface area contributed by atoms with E-state index >= 15 is 0 Å². The fraction of sp³-hybridized carbons (Fsp3) is 0.647. The summed E-state index contributed by atoms with van der Waals surface area (Å²) in [5, 5.41) is 0. The fourth-order valence-electron chi connectivity index (χ4n) is 2.79. The first-order valence-corrected chi connectivity index (χ1v) is 8.06. The van der Waals surface area contributed by atoms with Gasteiger partial charge in [-0.1, -0.05) is 0 Å². The average molecular weight is 322 g/mol. The van der Waals surface area contributed by atoms with E-state index in [4.69, 9.17) is 18.8 Å². The molecule has 0 aromatic heterocycles. The Morgan fingerprint density at radius 2 is 1.78 bits per heavy atom. The number of hydrogen-bond acceptors (Lipinski definition) is 4. The van der Waals surface area contributed by atoms with Crippen LogP contribution >= 0.6 is 0 Å². The summed E-state index contributed by atoms with van der Waals surface area (Å²) in [5.74, 6) is 0.421. The van der Waals surface area contributed by atoms with E-state index in [9.17, 15) is 4.39 Å². The maximum absolute atomic E-state index is 14.6. The van der Waals surface area contributed by atoms with Crippen LogP contribution in [0.25, 0.3) is 0 Å². The zero-order chi connectivity index (χ0) is 16.8. The molecule has 1 aromatic carbocycles. The first-order chi connectivity index (χ1) is 10.7. The topological polar surface area (TPSA) is 36.9 Å². The summed E-state index contributed by atoms with van der Waals surface area (Å²) in [6, 6.07) is 3.24. The summed E-state index contributed by atoms with van der Waals surface area (Å²) in [5.41, 5.74) is 0.516. The standard InChI is InChI=1S/C17H24BFO4/c1-16(2)17(3,4)23-18(22-16)13-8-12(21-10-20-5)9-14(19)15(13)11-6-7-11/h8-9,11H,6-7,10H2,1-5H3. The average Bonchev–Trinajstić information content (AvgIpc) is 3.24. The number of hydrogen-bond donors (Lipinski definition) is 0. The monoisotopic (exact) mass is 322 g/mol. The largest absolute Gasteiger partial charge is 0.495 e. The molecule has 0 N–H and O–H groups in total. The maximum Gasteiger partial charge on any atom is 0.495 e. The van der Waals surface area contributed by atoms with Gasteiger partial charge in [0.2, 0.25) is 0 Å². The van der Waals surface area contributed by atoms with Crippen LogP contribution in [0.15, 0.2) is 12.1 Å². The third-order valence-corrected chi connectivity index (χ3v) is 4.97. The highest BCUT2D eigenvalue weighted by atomic mass is 19.1. The van der Waals surface area contributed by atoms with Crippen LogP contribution in [0.3, 0.4) is 0 Å². The van der Waals surface area contributed by atoms with Crippen molar-refractivity contribution in [2.24, 2.45) is 0 Å². The van der Waals surface area contributed by atoms with E-state index in [1.54, 1.807) is 0 Å². The highest BCUT2D eigenvalue weighted by Gasteiger charge is 2.53. The molecule has 1 saturated carbocycles. The molecule has 1 aromatic rings. The predicted octanol–water partition coefficient (Wildman–Crippen LogP) is 2.99. The minimum absolute atomic E-state index is 0.0744. The number of halogens is 1. The van der Waals surface area contributed by atoms with E-state index in [0.717, 1.165) is 18.3 Å². The number of rotatable bonds is 5. The van der Waals surface area contributed by atoms with Crippen molar-refractivity contribution in [1.29, 1.82) is 0 Å². The summed E-state index contributed by atoms with van der Waals surface area (Å²) < 4.78 is 37.2. The molecule has 0 bridgehead atoms. The third kappa shape index (κ3) is 3.12. The molecule has 3 rings (SSSR count). The molecule has 1 heterocycles. The van der Waals surface area contributed by atoms with E-state index < -0.39 is 18.3 Å². The highest BCUT2D eigenvalue weighted by molar-refractivity contribution is 6.62. The third-order valence-electron chi connectivity index (χ3n) is 4.97. The van der Waals surface area contributed by atoms with Crippen LogP contribution in [-0.2, 0) is 14.0 Å². The molecule has 0 spiro atoms. The lowest BCUT2D eigenvalue weighted by Gasteiger charge is -2.32. The van der Waals surface area contributed by atoms with Gasteiger partial charge >= 0.3 is 7.12 Å². The second kappa shape index (κ2) is 5.76. The second-order valence-electron chi connectivity index (χ2n) is 7.32. The van der Waals surface area contributed by atoms with E-state index in [2.05, 4.69) is 0 Å². The van der Waals surface area contributed by atoms with Gasteiger partial charge in [0.1, 0.15) is 11.6 Å². The number of methoxy groups -OCH3 is 1. The molecule has 6 heteroatoms. The van der Waals surface area contributed by atoms with Crippen molar-refractivity contribution in [1.82, 2.24) is 0 Å². The van der Waals surface area contributed by atoms with Gasteiger partial charge in [-0.05, 0) is 63.5 Å². The molecule has 23 heavy (non-hydrogen) atoms. The lowest BCUT2D eigenvalue weighted by Crippen LogP contribution is -2.41. The molecule has 0 amide bonds. The normalized spacial score (nSPS) is 22.4. The Labute approximate surface area is 137 Å². The van der Waals surface area contributed by atoms with Gasteiger partial charge in [-0.3, -0.25) is 0 Å². The van der Waals surface area contributed by atoms with E-state index in [-0.39, 0.29) is 18.5 Å². The first-order valence-electron chi connectivity index (χ1n) is 8.06. The van der Waals surface area contributed by atoms with Crippen molar-refractivity contribution in [2.45, 2.75) is 57.7 Å². The van der Waals surface area contributed by atoms with Crippen LogP contribution in [0.4, 0.5) is 4.39 Å². The minimum Gasteiger partial charge on any atom is -0.467 e. The van der Waals surface area contributed by atoms with Gasteiger partial charge in [0.05, 0.1) is 11.2 Å². The molecule has 2 aliphatic rings. The van der Waals surface area contributed by atoms with Crippen molar-refractivity contribution in [2.75, 3.05) is 13.9 Å².